The summed E-state index contributed by atoms with van der Waals surface area (Å²) in [5.74, 6) is -0.726. The van der Waals surface area contributed by atoms with Crippen LogP contribution in [0.25, 0.3) is 0 Å². The van der Waals surface area contributed by atoms with Crippen molar-refractivity contribution in [2.75, 3.05) is 0 Å². The highest BCUT2D eigenvalue weighted by Crippen LogP contribution is 2.44. The number of hydrogen-bond donors (Lipinski definition) is 2. The average Bonchev–Trinajstić information content (AvgIpc) is 2.45. The molecule has 1 heterocycles. The second-order valence-corrected chi connectivity index (χ2v) is 3.84. The molecule has 0 radical (unpaired) electrons. The molecular formula is C9H12N2O3. The maximum atomic E-state index is 10.6. The molecule has 0 aromatic carbocycles. The standard InChI is InChI=1S/C9H12N2O3/c1-11-3-2-10-8(11)9(14)4-6(5-9)7(12)13/h2-3,6,14H,4-5H2,1H3,(H,12,13). The van der Waals surface area contributed by atoms with Crippen LogP contribution < -0.4 is 0 Å². The highest BCUT2D eigenvalue weighted by molar-refractivity contribution is 5.71. The summed E-state index contributed by atoms with van der Waals surface area (Å²) in [6, 6.07) is 0. The van der Waals surface area contributed by atoms with Gasteiger partial charge in [0.1, 0.15) is 11.4 Å². The Labute approximate surface area is 81.0 Å². The molecule has 5 heteroatoms. The Bertz CT molecular complexity index is 366. The molecule has 0 unspecified atom stereocenters. The highest BCUT2D eigenvalue weighted by atomic mass is 16.4. The summed E-state index contributed by atoms with van der Waals surface area (Å²) in [5, 5.41) is 18.7. The summed E-state index contributed by atoms with van der Waals surface area (Å²) < 4.78 is 1.72. The molecule has 0 bridgehead atoms. The largest absolute Gasteiger partial charge is 0.481 e. The Morgan fingerprint density at radius 1 is 1.71 bits per heavy atom. The number of hydrogen-bond acceptors (Lipinski definition) is 3. The summed E-state index contributed by atoms with van der Waals surface area (Å²) in [6.07, 6.45) is 3.85. The van der Waals surface area contributed by atoms with Crippen LogP contribution in [-0.2, 0) is 17.4 Å². The Kier molecular flexibility index (Phi) is 1.85. The zero-order valence-electron chi connectivity index (χ0n) is 7.84. The number of carboxylic acid groups (broad SMARTS) is 1. The van der Waals surface area contributed by atoms with Crippen LogP contribution >= 0.6 is 0 Å². The average molecular weight is 196 g/mol. The van der Waals surface area contributed by atoms with Gasteiger partial charge in [-0.3, -0.25) is 4.79 Å². The second kappa shape index (κ2) is 2.81. The van der Waals surface area contributed by atoms with E-state index in [-0.39, 0.29) is 12.8 Å². The minimum absolute atomic E-state index is 0.257. The lowest BCUT2D eigenvalue weighted by atomic mass is 9.70. The van der Waals surface area contributed by atoms with Crippen molar-refractivity contribution in [2.24, 2.45) is 13.0 Å². The topological polar surface area (TPSA) is 75.3 Å². The van der Waals surface area contributed by atoms with Gasteiger partial charge in [-0.05, 0) is 12.8 Å². The lowest BCUT2D eigenvalue weighted by Crippen LogP contribution is -2.46. The molecule has 2 N–H and O–H groups in total. The summed E-state index contributed by atoms with van der Waals surface area (Å²) in [6.45, 7) is 0. The predicted octanol–water partition coefficient (Wildman–Crippen LogP) is 0.102. The van der Waals surface area contributed by atoms with E-state index in [1.807, 2.05) is 0 Å². The van der Waals surface area contributed by atoms with Crippen LogP contribution in [0, 0.1) is 5.92 Å². The zero-order valence-corrected chi connectivity index (χ0v) is 7.84. The smallest absolute Gasteiger partial charge is 0.306 e. The quantitative estimate of drug-likeness (QED) is 0.703. The number of aliphatic carboxylic acids is 1. The number of nitrogens with zero attached hydrogens (tertiary/aromatic N) is 2. The number of carbonyl (C=O) groups is 1. The number of aromatic nitrogens is 2. The van der Waals surface area contributed by atoms with Gasteiger partial charge < -0.3 is 14.8 Å². The lowest BCUT2D eigenvalue weighted by molar-refractivity contribution is -0.160. The molecule has 0 spiro atoms. The normalized spacial score (nSPS) is 31.1. The monoisotopic (exact) mass is 196 g/mol. The summed E-state index contributed by atoms with van der Waals surface area (Å²) in [7, 11) is 1.79. The van der Waals surface area contributed by atoms with Crippen molar-refractivity contribution < 1.29 is 15.0 Å². The van der Waals surface area contributed by atoms with Crippen LogP contribution in [0.5, 0.6) is 0 Å². The van der Waals surface area contributed by atoms with Gasteiger partial charge in [0, 0.05) is 19.4 Å². The molecule has 5 nitrogen and oxygen atoms in total. The van der Waals surface area contributed by atoms with Crippen molar-refractivity contribution in [1.29, 1.82) is 0 Å². The van der Waals surface area contributed by atoms with Crippen molar-refractivity contribution in [1.82, 2.24) is 9.55 Å². The Morgan fingerprint density at radius 3 is 2.79 bits per heavy atom. The molecule has 14 heavy (non-hydrogen) atoms. The van der Waals surface area contributed by atoms with Crippen LogP contribution in [0.4, 0.5) is 0 Å². The van der Waals surface area contributed by atoms with Crippen molar-refractivity contribution >= 4 is 5.97 Å². The fraction of sp³-hybridized carbons (Fsp3) is 0.556. The molecule has 1 fully saturated rings. The number of carboxylic acids is 1. The van der Waals surface area contributed by atoms with Crippen molar-refractivity contribution in [3.63, 3.8) is 0 Å². The van der Waals surface area contributed by atoms with E-state index in [1.54, 1.807) is 24.0 Å². The Hall–Kier alpha value is -1.36. The van der Waals surface area contributed by atoms with Crippen LogP contribution in [0.3, 0.4) is 0 Å². The third-order valence-electron chi connectivity index (χ3n) is 2.75. The Balaban J connectivity index is 2.15. The van der Waals surface area contributed by atoms with Crippen LogP contribution in [0.15, 0.2) is 12.4 Å². The van der Waals surface area contributed by atoms with Crippen molar-refractivity contribution in [2.45, 2.75) is 18.4 Å². The number of aryl methyl sites for hydroxylation is 1. The van der Waals surface area contributed by atoms with E-state index in [2.05, 4.69) is 4.98 Å². The van der Waals surface area contributed by atoms with Gasteiger partial charge >= 0.3 is 5.97 Å². The molecule has 0 aliphatic heterocycles. The van der Waals surface area contributed by atoms with Crippen molar-refractivity contribution in [3.8, 4) is 0 Å². The zero-order chi connectivity index (χ0) is 10.3. The van der Waals surface area contributed by atoms with Gasteiger partial charge in [-0.15, -0.1) is 0 Å². The molecule has 2 rings (SSSR count). The Morgan fingerprint density at radius 2 is 2.36 bits per heavy atom. The van der Waals surface area contributed by atoms with Gasteiger partial charge in [0.2, 0.25) is 0 Å². The van der Waals surface area contributed by atoms with Crippen LogP contribution in [0.2, 0.25) is 0 Å². The molecule has 1 aromatic rings. The molecule has 0 atom stereocenters. The SMILES string of the molecule is Cn1ccnc1C1(O)CC(C(=O)O)C1. The van der Waals surface area contributed by atoms with E-state index in [1.165, 1.54) is 0 Å². The fourth-order valence-electron chi connectivity index (χ4n) is 1.93. The number of aliphatic hydroxyl groups is 1. The molecular weight excluding hydrogens is 184 g/mol. The molecule has 0 amide bonds. The fourth-order valence-corrected chi connectivity index (χ4v) is 1.93. The first-order valence-corrected chi connectivity index (χ1v) is 4.46. The van der Waals surface area contributed by atoms with Crippen molar-refractivity contribution in [3.05, 3.63) is 18.2 Å². The third-order valence-corrected chi connectivity index (χ3v) is 2.75. The second-order valence-electron chi connectivity index (χ2n) is 3.84. The van der Waals surface area contributed by atoms with Gasteiger partial charge in [0.25, 0.3) is 0 Å². The minimum Gasteiger partial charge on any atom is -0.481 e. The summed E-state index contributed by atoms with van der Waals surface area (Å²) >= 11 is 0. The molecule has 0 saturated heterocycles. The maximum absolute atomic E-state index is 10.6. The van der Waals surface area contributed by atoms with E-state index in [0.717, 1.165) is 0 Å². The van der Waals surface area contributed by atoms with Gasteiger partial charge in [-0.25, -0.2) is 4.98 Å². The van der Waals surface area contributed by atoms with Gasteiger partial charge in [-0.1, -0.05) is 0 Å². The lowest BCUT2D eigenvalue weighted by Gasteiger charge is -2.40. The highest BCUT2D eigenvalue weighted by Gasteiger charge is 2.49. The van der Waals surface area contributed by atoms with E-state index in [4.69, 9.17) is 5.11 Å². The first kappa shape index (κ1) is 9.21. The van der Waals surface area contributed by atoms with Gasteiger partial charge in [0.05, 0.1) is 5.92 Å². The predicted molar refractivity (Wildman–Crippen MR) is 47.5 cm³/mol. The molecule has 1 aliphatic rings. The number of rotatable bonds is 2. The molecule has 1 aliphatic carbocycles. The number of imidazole rings is 1. The minimum atomic E-state index is -1.04. The van der Waals surface area contributed by atoms with Crippen LogP contribution in [-0.4, -0.2) is 25.7 Å². The first-order valence-electron chi connectivity index (χ1n) is 4.46. The van der Waals surface area contributed by atoms with E-state index in [9.17, 15) is 9.90 Å². The molecule has 1 saturated carbocycles. The molecule has 1 aromatic heterocycles. The first-order chi connectivity index (χ1) is 6.53. The van der Waals surface area contributed by atoms with E-state index >= 15 is 0 Å². The van der Waals surface area contributed by atoms with Gasteiger partial charge in [-0.2, -0.15) is 0 Å². The van der Waals surface area contributed by atoms with E-state index in [0.29, 0.717) is 5.82 Å². The summed E-state index contributed by atoms with van der Waals surface area (Å²) in [4.78, 5) is 14.6. The molecule has 76 valence electrons. The third kappa shape index (κ3) is 1.21. The maximum Gasteiger partial charge on any atom is 0.306 e. The van der Waals surface area contributed by atoms with E-state index < -0.39 is 17.5 Å². The summed E-state index contributed by atoms with van der Waals surface area (Å²) in [5.41, 5.74) is -1.04. The van der Waals surface area contributed by atoms with Gasteiger partial charge in [0.15, 0.2) is 0 Å². The van der Waals surface area contributed by atoms with Crippen LogP contribution in [0.1, 0.15) is 18.7 Å².